The lowest BCUT2D eigenvalue weighted by Crippen LogP contribution is -1.84. The molecule has 0 spiro atoms. The molecule has 18 heavy (non-hydrogen) atoms. The highest BCUT2D eigenvalue weighted by atomic mass is 79.9. The number of aryl methyl sites for hydroxylation is 1. The summed E-state index contributed by atoms with van der Waals surface area (Å²) in [7, 11) is 0. The van der Waals surface area contributed by atoms with Gasteiger partial charge in [-0.2, -0.15) is 0 Å². The van der Waals surface area contributed by atoms with E-state index in [0.29, 0.717) is 0 Å². The number of aliphatic imine (C=N–C) groups is 1. The molecule has 0 unspecified atom stereocenters. The van der Waals surface area contributed by atoms with Crippen molar-refractivity contribution in [1.29, 1.82) is 0 Å². The van der Waals surface area contributed by atoms with E-state index in [1.807, 2.05) is 6.92 Å². The Bertz CT molecular complexity index is 545. The van der Waals surface area contributed by atoms with E-state index < -0.39 is 0 Å². The van der Waals surface area contributed by atoms with Gasteiger partial charge in [-0.15, -0.1) is 17.0 Å². The summed E-state index contributed by atoms with van der Waals surface area (Å²) >= 11 is 0. The molecule has 2 rings (SSSR count). The van der Waals surface area contributed by atoms with Crippen molar-refractivity contribution in [3.05, 3.63) is 39.9 Å². The van der Waals surface area contributed by atoms with Crippen molar-refractivity contribution in [3.8, 4) is 0 Å². The van der Waals surface area contributed by atoms with E-state index in [1.165, 1.54) is 28.1 Å². The first kappa shape index (κ1) is 15.0. The summed E-state index contributed by atoms with van der Waals surface area (Å²) in [6.07, 6.45) is 5.36. The molecule has 98 valence electrons. The minimum Gasteiger partial charge on any atom is -0.359 e. The predicted molar refractivity (Wildman–Crippen MR) is 84.8 cm³/mol. The Kier molecular flexibility index (Phi) is 4.74. The molecular formula is C15H21BrN2. The highest BCUT2D eigenvalue weighted by Gasteiger charge is 2.11. The molecule has 3 heteroatoms. The molecule has 1 aliphatic heterocycles. The van der Waals surface area contributed by atoms with Crippen LogP contribution in [0.25, 0.3) is 6.08 Å². The molecule has 0 aliphatic carbocycles. The normalized spacial score (nSPS) is 16.6. The molecule has 0 aromatic carbocycles. The minimum absolute atomic E-state index is 0. The number of hydrogen-bond donors (Lipinski definition) is 1. The number of allylic oxidation sites excluding steroid dienone is 2. The fraction of sp³-hybridized carbons (Fsp3) is 0.400. The van der Waals surface area contributed by atoms with Crippen LogP contribution < -0.4 is 0 Å². The van der Waals surface area contributed by atoms with Crippen LogP contribution in [0, 0.1) is 13.8 Å². The van der Waals surface area contributed by atoms with E-state index in [1.54, 1.807) is 0 Å². The molecule has 0 saturated carbocycles. The number of hydrogen-bond acceptors (Lipinski definition) is 1. The Hall–Kier alpha value is -1.09. The van der Waals surface area contributed by atoms with Gasteiger partial charge in [-0.3, -0.25) is 4.99 Å². The Morgan fingerprint density at radius 2 is 1.89 bits per heavy atom. The van der Waals surface area contributed by atoms with Gasteiger partial charge in [0.1, 0.15) is 0 Å². The van der Waals surface area contributed by atoms with Crippen LogP contribution in [0.1, 0.15) is 43.3 Å². The van der Waals surface area contributed by atoms with Gasteiger partial charge < -0.3 is 4.98 Å². The van der Waals surface area contributed by atoms with Crippen LogP contribution in [0.15, 0.2) is 22.3 Å². The van der Waals surface area contributed by atoms with Crippen molar-refractivity contribution < 1.29 is 0 Å². The molecule has 0 atom stereocenters. The summed E-state index contributed by atoms with van der Waals surface area (Å²) < 4.78 is 0. The Balaban J connectivity index is 0.00000162. The van der Waals surface area contributed by atoms with Crippen molar-refractivity contribution in [3.63, 3.8) is 0 Å². The summed E-state index contributed by atoms with van der Waals surface area (Å²) in [5.74, 6) is 0. The van der Waals surface area contributed by atoms with Crippen molar-refractivity contribution in [1.82, 2.24) is 4.98 Å². The standard InChI is InChI=1S/C15H20N2.BrH/c1-6-13-11(4)15(17-12(13)5)8-14-9(2)7-10(3)16-14;/h7-8,17H,6H2,1-5H3;1H/b14-8-;. The van der Waals surface area contributed by atoms with E-state index in [4.69, 9.17) is 0 Å². The molecule has 0 bridgehead atoms. The third-order valence-corrected chi connectivity index (χ3v) is 3.39. The largest absolute Gasteiger partial charge is 0.359 e. The van der Waals surface area contributed by atoms with Crippen molar-refractivity contribution in [2.45, 2.75) is 41.0 Å². The van der Waals surface area contributed by atoms with Crippen LogP contribution >= 0.6 is 17.0 Å². The zero-order valence-corrected chi connectivity index (χ0v) is 13.4. The summed E-state index contributed by atoms with van der Waals surface area (Å²) in [6.45, 7) is 10.7. The van der Waals surface area contributed by atoms with Gasteiger partial charge >= 0.3 is 0 Å². The maximum Gasteiger partial charge on any atom is 0.0683 e. The zero-order chi connectivity index (χ0) is 12.6. The predicted octanol–water partition coefficient (Wildman–Crippen LogP) is 4.53. The van der Waals surface area contributed by atoms with E-state index >= 15 is 0 Å². The topological polar surface area (TPSA) is 28.1 Å². The van der Waals surface area contributed by atoms with Crippen LogP contribution in [-0.4, -0.2) is 10.7 Å². The van der Waals surface area contributed by atoms with E-state index in [2.05, 4.69) is 49.8 Å². The van der Waals surface area contributed by atoms with E-state index in [0.717, 1.165) is 17.8 Å². The molecule has 2 nitrogen and oxygen atoms in total. The Labute approximate surface area is 120 Å². The number of rotatable bonds is 2. The van der Waals surface area contributed by atoms with Crippen molar-refractivity contribution in [2.24, 2.45) is 4.99 Å². The smallest absolute Gasteiger partial charge is 0.0683 e. The molecule has 0 saturated heterocycles. The van der Waals surface area contributed by atoms with Gasteiger partial charge in [-0.25, -0.2) is 0 Å². The second-order valence-electron chi connectivity index (χ2n) is 4.73. The Morgan fingerprint density at radius 1 is 1.22 bits per heavy atom. The number of halogens is 1. The molecule has 0 amide bonds. The lowest BCUT2D eigenvalue weighted by molar-refractivity contribution is 1.08. The van der Waals surface area contributed by atoms with Crippen LogP contribution in [-0.2, 0) is 6.42 Å². The molecule has 1 aromatic heterocycles. The van der Waals surface area contributed by atoms with Crippen molar-refractivity contribution in [2.75, 3.05) is 0 Å². The first-order valence-electron chi connectivity index (χ1n) is 6.16. The lowest BCUT2D eigenvalue weighted by atomic mass is 10.1. The Morgan fingerprint density at radius 3 is 2.33 bits per heavy atom. The highest BCUT2D eigenvalue weighted by Crippen LogP contribution is 2.25. The van der Waals surface area contributed by atoms with Crippen LogP contribution in [0.2, 0.25) is 0 Å². The fourth-order valence-electron chi connectivity index (χ4n) is 2.47. The molecule has 1 aromatic rings. The van der Waals surface area contributed by atoms with E-state index in [9.17, 15) is 0 Å². The van der Waals surface area contributed by atoms with Gasteiger partial charge in [0.25, 0.3) is 0 Å². The fourth-order valence-corrected chi connectivity index (χ4v) is 2.47. The third-order valence-electron chi connectivity index (χ3n) is 3.39. The average molecular weight is 309 g/mol. The molecule has 1 aliphatic rings. The second kappa shape index (κ2) is 5.70. The van der Waals surface area contributed by atoms with Gasteiger partial charge in [-0.05, 0) is 63.0 Å². The number of H-pyrrole nitrogens is 1. The molecule has 2 heterocycles. The molecule has 1 N–H and O–H groups in total. The summed E-state index contributed by atoms with van der Waals surface area (Å²) in [4.78, 5) is 7.99. The number of aromatic amines is 1. The number of nitrogens with zero attached hydrogens (tertiary/aromatic N) is 1. The average Bonchev–Trinajstić information content (AvgIpc) is 2.69. The van der Waals surface area contributed by atoms with Gasteiger partial charge in [0, 0.05) is 17.1 Å². The molecular weight excluding hydrogens is 288 g/mol. The minimum atomic E-state index is 0. The number of nitrogens with one attached hydrogen (secondary N) is 1. The number of aromatic nitrogens is 1. The van der Waals surface area contributed by atoms with Gasteiger partial charge in [0.05, 0.1) is 5.70 Å². The summed E-state index contributed by atoms with van der Waals surface area (Å²) in [5, 5.41) is 0. The first-order valence-corrected chi connectivity index (χ1v) is 6.16. The maximum absolute atomic E-state index is 4.54. The van der Waals surface area contributed by atoms with E-state index in [-0.39, 0.29) is 17.0 Å². The van der Waals surface area contributed by atoms with Crippen LogP contribution in [0.4, 0.5) is 0 Å². The quantitative estimate of drug-likeness (QED) is 0.831. The zero-order valence-electron chi connectivity index (χ0n) is 11.7. The van der Waals surface area contributed by atoms with Gasteiger partial charge in [0.2, 0.25) is 0 Å². The SMILES string of the molecule is Br.CCc1c(C)[nH]c(/C=C2\N=C(C)C=C2C)c1C. The van der Waals surface area contributed by atoms with Gasteiger partial charge in [0.15, 0.2) is 0 Å². The lowest BCUT2D eigenvalue weighted by Gasteiger charge is -1.98. The maximum atomic E-state index is 4.54. The summed E-state index contributed by atoms with van der Waals surface area (Å²) in [5.41, 5.74) is 8.66. The monoisotopic (exact) mass is 308 g/mol. The third kappa shape index (κ3) is 2.66. The highest BCUT2D eigenvalue weighted by molar-refractivity contribution is 8.93. The molecule has 0 radical (unpaired) electrons. The van der Waals surface area contributed by atoms with Gasteiger partial charge in [-0.1, -0.05) is 6.92 Å². The molecule has 0 fully saturated rings. The second-order valence-corrected chi connectivity index (χ2v) is 4.73. The van der Waals surface area contributed by atoms with Crippen molar-refractivity contribution >= 4 is 28.8 Å². The van der Waals surface area contributed by atoms with Crippen LogP contribution in [0.3, 0.4) is 0 Å². The van der Waals surface area contributed by atoms with Crippen LogP contribution in [0.5, 0.6) is 0 Å². The first-order chi connectivity index (χ1) is 8.02. The summed E-state index contributed by atoms with van der Waals surface area (Å²) in [6, 6.07) is 0.